The summed E-state index contributed by atoms with van der Waals surface area (Å²) in [5.41, 5.74) is 0.300. The van der Waals surface area contributed by atoms with Gasteiger partial charge in [0.1, 0.15) is 5.58 Å². The van der Waals surface area contributed by atoms with Crippen molar-refractivity contribution in [2.24, 2.45) is 5.92 Å². The summed E-state index contributed by atoms with van der Waals surface area (Å²) < 4.78 is 5.60. The zero-order valence-electron chi connectivity index (χ0n) is 11.5. The molecule has 0 spiro atoms. The van der Waals surface area contributed by atoms with Gasteiger partial charge >= 0.3 is 0 Å². The molecule has 1 amide bonds. The van der Waals surface area contributed by atoms with E-state index in [2.05, 4.69) is 6.92 Å². The minimum atomic E-state index is -0.181. The third-order valence-electron chi connectivity index (χ3n) is 3.79. The summed E-state index contributed by atoms with van der Waals surface area (Å²) in [7, 11) is 0. The third-order valence-corrected chi connectivity index (χ3v) is 3.79. The molecule has 0 aliphatic carbocycles. The highest BCUT2D eigenvalue weighted by molar-refractivity contribution is 5.93. The number of benzene rings is 1. The molecule has 4 nitrogen and oxygen atoms in total. The first-order chi connectivity index (χ1) is 9.65. The largest absolute Gasteiger partial charge is 0.451 e. The van der Waals surface area contributed by atoms with E-state index in [1.807, 2.05) is 0 Å². The lowest BCUT2D eigenvalue weighted by Crippen LogP contribution is -2.39. The van der Waals surface area contributed by atoms with Gasteiger partial charge in [0.15, 0.2) is 11.2 Å². The Hall–Kier alpha value is -2.10. The van der Waals surface area contributed by atoms with E-state index in [1.165, 1.54) is 6.07 Å². The van der Waals surface area contributed by atoms with Gasteiger partial charge in [0, 0.05) is 19.2 Å². The highest BCUT2D eigenvalue weighted by atomic mass is 16.3. The Bertz CT molecular complexity index is 704. The molecule has 4 heteroatoms. The number of para-hydroxylation sites is 1. The summed E-state index contributed by atoms with van der Waals surface area (Å²) in [5, 5.41) is 0.510. The molecule has 0 saturated carbocycles. The van der Waals surface area contributed by atoms with Gasteiger partial charge < -0.3 is 9.32 Å². The zero-order valence-corrected chi connectivity index (χ0v) is 11.5. The van der Waals surface area contributed by atoms with Crippen LogP contribution >= 0.6 is 0 Å². The fourth-order valence-corrected chi connectivity index (χ4v) is 2.74. The molecule has 1 aliphatic rings. The van der Waals surface area contributed by atoms with Crippen LogP contribution in [0.5, 0.6) is 0 Å². The molecule has 2 aromatic rings. The van der Waals surface area contributed by atoms with Crippen LogP contribution in [-0.4, -0.2) is 23.9 Å². The number of hydrogen-bond donors (Lipinski definition) is 0. The normalized spacial score (nSPS) is 19.2. The summed E-state index contributed by atoms with van der Waals surface area (Å²) in [6, 6.07) is 8.31. The van der Waals surface area contributed by atoms with Crippen LogP contribution in [0.15, 0.2) is 39.5 Å². The van der Waals surface area contributed by atoms with Crippen LogP contribution in [0.1, 0.15) is 30.3 Å². The predicted octanol–water partition coefficient (Wildman–Crippen LogP) is 2.67. The second kappa shape index (κ2) is 5.12. The highest BCUT2D eigenvalue weighted by Crippen LogP contribution is 2.19. The third kappa shape index (κ3) is 2.33. The van der Waals surface area contributed by atoms with Gasteiger partial charge in [0.05, 0.1) is 5.39 Å². The molecule has 0 N–H and O–H groups in total. The Kier molecular flexibility index (Phi) is 3.30. The highest BCUT2D eigenvalue weighted by Gasteiger charge is 2.24. The Morgan fingerprint density at radius 3 is 2.95 bits per heavy atom. The quantitative estimate of drug-likeness (QED) is 0.801. The Labute approximate surface area is 117 Å². The summed E-state index contributed by atoms with van der Waals surface area (Å²) in [6.45, 7) is 3.60. The molecule has 0 unspecified atom stereocenters. The van der Waals surface area contributed by atoms with Gasteiger partial charge in [0.2, 0.25) is 0 Å². The van der Waals surface area contributed by atoms with Gasteiger partial charge in [0.25, 0.3) is 5.91 Å². The van der Waals surface area contributed by atoms with Crippen molar-refractivity contribution in [2.75, 3.05) is 13.1 Å². The van der Waals surface area contributed by atoms with Crippen molar-refractivity contribution in [3.8, 4) is 0 Å². The molecular formula is C16H17NO3. The molecule has 1 saturated heterocycles. The molecule has 1 aromatic heterocycles. The van der Waals surface area contributed by atoms with Crippen LogP contribution in [0, 0.1) is 5.92 Å². The molecule has 0 bridgehead atoms. The van der Waals surface area contributed by atoms with E-state index < -0.39 is 0 Å². The average Bonchev–Trinajstić information content (AvgIpc) is 2.46. The number of fused-ring (bicyclic) bond motifs is 1. The fourth-order valence-electron chi connectivity index (χ4n) is 2.74. The van der Waals surface area contributed by atoms with E-state index in [4.69, 9.17) is 4.42 Å². The maximum Gasteiger partial charge on any atom is 0.289 e. The first-order valence-electron chi connectivity index (χ1n) is 6.97. The van der Waals surface area contributed by atoms with Crippen LogP contribution in [-0.2, 0) is 0 Å². The molecular weight excluding hydrogens is 254 g/mol. The minimum Gasteiger partial charge on any atom is -0.451 e. The molecule has 1 fully saturated rings. The molecule has 0 radical (unpaired) electrons. The summed E-state index contributed by atoms with van der Waals surface area (Å²) >= 11 is 0. The lowest BCUT2D eigenvalue weighted by atomic mass is 10.00. The number of likely N-dealkylation sites (tertiary alicyclic amines) is 1. The van der Waals surface area contributed by atoms with E-state index in [0.717, 1.165) is 25.9 Å². The molecule has 1 atom stereocenters. The van der Waals surface area contributed by atoms with Gasteiger partial charge in [-0.25, -0.2) is 0 Å². The Morgan fingerprint density at radius 1 is 1.35 bits per heavy atom. The van der Waals surface area contributed by atoms with Gasteiger partial charge in [-0.2, -0.15) is 0 Å². The second-order valence-electron chi connectivity index (χ2n) is 5.47. The number of piperidine rings is 1. The second-order valence-corrected chi connectivity index (χ2v) is 5.47. The van der Waals surface area contributed by atoms with Gasteiger partial charge in [-0.1, -0.05) is 19.1 Å². The van der Waals surface area contributed by atoms with Crippen molar-refractivity contribution in [3.05, 3.63) is 46.3 Å². The molecule has 20 heavy (non-hydrogen) atoms. The number of nitrogens with zero attached hydrogens (tertiary/aromatic N) is 1. The van der Waals surface area contributed by atoms with Crippen molar-refractivity contribution in [1.29, 1.82) is 0 Å². The van der Waals surface area contributed by atoms with Crippen molar-refractivity contribution < 1.29 is 9.21 Å². The number of amides is 1. The van der Waals surface area contributed by atoms with Crippen LogP contribution < -0.4 is 5.43 Å². The molecule has 104 valence electrons. The van der Waals surface area contributed by atoms with Crippen molar-refractivity contribution in [3.63, 3.8) is 0 Å². The van der Waals surface area contributed by atoms with Gasteiger partial charge in [-0.3, -0.25) is 9.59 Å². The first kappa shape index (κ1) is 12.9. The monoisotopic (exact) mass is 271 g/mol. The van der Waals surface area contributed by atoms with Crippen molar-refractivity contribution >= 4 is 16.9 Å². The smallest absolute Gasteiger partial charge is 0.289 e. The lowest BCUT2D eigenvalue weighted by Gasteiger charge is -2.30. The number of rotatable bonds is 1. The standard InChI is InChI=1S/C16H17NO3/c1-11-5-4-8-17(10-11)16(19)15-9-13(18)12-6-2-3-7-14(12)20-15/h2-3,6-7,9,11H,4-5,8,10H2,1H3/t11-/m0/s1. The summed E-state index contributed by atoms with van der Waals surface area (Å²) in [6.07, 6.45) is 2.15. The molecule has 1 aliphatic heterocycles. The Balaban J connectivity index is 1.97. The summed E-state index contributed by atoms with van der Waals surface area (Å²) in [5.74, 6) is 0.460. The van der Waals surface area contributed by atoms with Crippen LogP contribution in [0.25, 0.3) is 11.0 Å². The Morgan fingerprint density at radius 2 is 2.15 bits per heavy atom. The van der Waals surface area contributed by atoms with E-state index in [0.29, 0.717) is 16.9 Å². The molecule has 3 rings (SSSR count). The minimum absolute atomic E-state index is 0.141. The lowest BCUT2D eigenvalue weighted by molar-refractivity contribution is 0.0651. The molecule has 1 aromatic carbocycles. The van der Waals surface area contributed by atoms with E-state index in [9.17, 15) is 9.59 Å². The SMILES string of the molecule is C[C@H]1CCCN(C(=O)c2cc(=O)c3ccccc3o2)C1. The number of carbonyl (C=O) groups excluding carboxylic acids is 1. The van der Waals surface area contributed by atoms with E-state index in [-0.39, 0.29) is 17.1 Å². The van der Waals surface area contributed by atoms with Crippen molar-refractivity contribution in [2.45, 2.75) is 19.8 Å². The maximum atomic E-state index is 12.4. The predicted molar refractivity (Wildman–Crippen MR) is 76.8 cm³/mol. The van der Waals surface area contributed by atoms with Crippen LogP contribution in [0.2, 0.25) is 0 Å². The zero-order chi connectivity index (χ0) is 14.1. The van der Waals surface area contributed by atoms with Crippen LogP contribution in [0.4, 0.5) is 0 Å². The number of carbonyl (C=O) groups is 1. The fraction of sp³-hybridized carbons (Fsp3) is 0.375. The average molecular weight is 271 g/mol. The topological polar surface area (TPSA) is 50.5 Å². The summed E-state index contributed by atoms with van der Waals surface area (Å²) in [4.78, 5) is 26.2. The maximum absolute atomic E-state index is 12.4. The number of hydrogen-bond acceptors (Lipinski definition) is 3. The van der Waals surface area contributed by atoms with E-state index in [1.54, 1.807) is 29.2 Å². The van der Waals surface area contributed by atoms with Gasteiger partial charge in [-0.05, 0) is 30.9 Å². The van der Waals surface area contributed by atoms with Gasteiger partial charge in [-0.15, -0.1) is 0 Å². The molecule has 2 heterocycles. The van der Waals surface area contributed by atoms with Crippen LogP contribution in [0.3, 0.4) is 0 Å². The van der Waals surface area contributed by atoms with E-state index >= 15 is 0 Å². The van der Waals surface area contributed by atoms with Crippen molar-refractivity contribution in [1.82, 2.24) is 4.90 Å². The first-order valence-corrected chi connectivity index (χ1v) is 6.97.